The number of aryl methyl sites for hydroxylation is 1. The Balaban J connectivity index is 2.15. The minimum absolute atomic E-state index is 0.205. The molecule has 1 unspecified atom stereocenters. The van der Waals surface area contributed by atoms with E-state index in [0.717, 1.165) is 11.3 Å². The van der Waals surface area contributed by atoms with Gasteiger partial charge in [0.05, 0.1) is 7.11 Å². The highest BCUT2D eigenvalue weighted by Crippen LogP contribution is 2.22. The van der Waals surface area contributed by atoms with Crippen LogP contribution in [0.15, 0.2) is 42.5 Å². The van der Waals surface area contributed by atoms with Crippen LogP contribution in [0.25, 0.3) is 0 Å². The number of halogens is 1. The fourth-order valence-electron chi connectivity index (χ4n) is 2.08. The maximum atomic E-state index is 14.0. The maximum Gasteiger partial charge on any atom is 0.130 e. The van der Waals surface area contributed by atoms with Crippen LogP contribution in [-0.2, 0) is 6.42 Å². The van der Waals surface area contributed by atoms with E-state index in [1.807, 2.05) is 30.3 Å². The van der Waals surface area contributed by atoms with Gasteiger partial charge >= 0.3 is 0 Å². The Bertz CT molecular complexity index is 551. The van der Waals surface area contributed by atoms with Crippen molar-refractivity contribution >= 4 is 0 Å². The second-order valence-electron chi connectivity index (χ2n) is 4.64. The maximum absolute atomic E-state index is 14.0. The van der Waals surface area contributed by atoms with Gasteiger partial charge in [-0.25, -0.2) is 4.39 Å². The highest BCUT2D eigenvalue weighted by molar-refractivity contribution is 5.31. The first-order valence-electron chi connectivity index (χ1n) is 6.25. The minimum atomic E-state index is -0.340. The zero-order chi connectivity index (χ0) is 13.8. The Labute approximate surface area is 113 Å². The van der Waals surface area contributed by atoms with Crippen LogP contribution < -0.4 is 10.5 Å². The van der Waals surface area contributed by atoms with Gasteiger partial charge in [-0.15, -0.1) is 0 Å². The van der Waals surface area contributed by atoms with Crippen LogP contribution >= 0.6 is 0 Å². The van der Waals surface area contributed by atoms with Crippen LogP contribution in [0.4, 0.5) is 4.39 Å². The zero-order valence-corrected chi connectivity index (χ0v) is 11.2. The second-order valence-corrected chi connectivity index (χ2v) is 4.64. The monoisotopic (exact) mass is 259 g/mol. The highest BCUT2D eigenvalue weighted by Gasteiger charge is 2.13. The molecule has 0 aromatic heterocycles. The lowest BCUT2D eigenvalue weighted by molar-refractivity contribution is 0.414. The van der Waals surface area contributed by atoms with E-state index in [1.165, 1.54) is 0 Å². The van der Waals surface area contributed by atoms with Crippen molar-refractivity contribution in [3.8, 4) is 5.75 Å². The Hall–Kier alpha value is -1.87. The van der Waals surface area contributed by atoms with Gasteiger partial charge in [0.15, 0.2) is 0 Å². The number of nitrogens with two attached hydrogens (primary N) is 1. The van der Waals surface area contributed by atoms with Gasteiger partial charge in [0.1, 0.15) is 11.6 Å². The van der Waals surface area contributed by atoms with Crippen molar-refractivity contribution in [2.24, 2.45) is 5.73 Å². The summed E-state index contributed by atoms with van der Waals surface area (Å²) in [6.45, 7) is 1.75. The highest BCUT2D eigenvalue weighted by atomic mass is 19.1. The topological polar surface area (TPSA) is 35.2 Å². The van der Waals surface area contributed by atoms with Crippen LogP contribution in [0.1, 0.15) is 22.7 Å². The third kappa shape index (κ3) is 3.12. The molecule has 0 spiro atoms. The molecule has 19 heavy (non-hydrogen) atoms. The van der Waals surface area contributed by atoms with Gasteiger partial charge in [-0.3, -0.25) is 0 Å². The van der Waals surface area contributed by atoms with Crippen molar-refractivity contribution in [2.75, 3.05) is 7.11 Å². The number of rotatable bonds is 4. The lowest BCUT2D eigenvalue weighted by Gasteiger charge is -2.14. The van der Waals surface area contributed by atoms with Crippen LogP contribution in [0.5, 0.6) is 5.75 Å². The second kappa shape index (κ2) is 5.85. The average Bonchev–Trinajstić information content (AvgIpc) is 2.42. The van der Waals surface area contributed by atoms with Crippen molar-refractivity contribution < 1.29 is 9.13 Å². The van der Waals surface area contributed by atoms with Gasteiger partial charge in [0.2, 0.25) is 0 Å². The summed E-state index contributed by atoms with van der Waals surface area (Å²) >= 11 is 0. The van der Waals surface area contributed by atoms with Gasteiger partial charge in [-0.2, -0.15) is 0 Å². The fourth-order valence-corrected chi connectivity index (χ4v) is 2.08. The predicted octanol–water partition coefficient (Wildman–Crippen LogP) is 3.39. The molecule has 0 aliphatic rings. The van der Waals surface area contributed by atoms with Gasteiger partial charge < -0.3 is 10.5 Å². The molecule has 2 N–H and O–H groups in total. The number of hydrogen-bond donors (Lipinski definition) is 1. The van der Waals surface area contributed by atoms with E-state index >= 15 is 0 Å². The summed E-state index contributed by atoms with van der Waals surface area (Å²) in [4.78, 5) is 0. The first-order chi connectivity index (χ1) is 9.11. The molecule has 0 saturated heterocycles. The third-order valence-electron chi connectivity index (χ3n) is 3.24. The van der Waals surface area contributed by atoms with E-state index in [0.29, 0.717) is 17.5 Å². The van der Waals surface area contributed by atoms with E-state index in [9.17, 15) is 4.39 Å². The molecule has 2 aromatic carbocycles. The Morgan fingerprint density at radius 1 is 1.16 bits per heavy atom. The van der Waals surface area contributed by atoms with Crippen molar-refractivity contribution in [1.29, 1.82) is 0 Å². The molecular formula is C16H18FNO. The van der Waals surface area contributed by atoms with Crippen LogP contribution in [-0.4, -0.2) is 7.11 Å². The molecular weight excluding hydrogens is 241 g/mol. The lowest BCUT2D eigenvalue weighted by atomic mass is 9.97. The normalized spacial score (nSPS) is 12.2. The minimum Gasteiger partial charge on any atom is -0.497 e. The predicted molar refractivity (Wildman–Crippen MR) is 74.8 cm³/mol. The largest absolute Gasteiger partial charge is 0.497 e. The van der Waals surface area contributed by atoms with Gasteiger partial charge in [0.25, 0.3) is 0 Å². The molecule has 0 radical (unpaired) electrons. The molecule has 0 bridgehead atoms. The molecule has 0 fully saturated rings. The Morgan fingerprint density at radius 2 is 1.84 bits per heavy atom. The fraction of sp³-hybridized carbons (Fsp3) is 0.250. The van der Waals surface area contributed by atoms with Crippen LogP contribution in [0.2, 0.25) is 0 Å². The van der Waals surface area contributed by atoms with Crippen molar-refractivity contribution in [3.63, 3.8) is 0 Å². The van der Waals surface area contributed by atoms with Gasteiger partial charge in [-0.05, 0) is 36.6 Å². The molecule has 2 rings (SSSR count). The summed E-state index contributed by atoms with van der Waals surface area (Å²) < 4.78 is 19.1. The van der Waals surface area contributed by atoms with Crippen molar-refractivity contribution in [2.45, 2.75) is 19.4 Å². The number of hydrogen-bond acceptors (Lipinski definition) is 2. The van der Waals surface area contributed by atoms with Crippen LogP contribution in [0.3, 0.4) is 0 Å². The first-order valence-corrected chi connectivity index (χ1v) is 6.25. The van der Waals surface area contributed by atoms with E-state index < -0.39 is 0 Å². The third-order valence-corrected chi connectivity index (χ3v) is 3.24. The average molecular weight is 259 g/mol. The molecule has 1 atom stereocenters. The first kappa shape index (κ1) is 13.6. The molecule has 2 aromatic rings. The molecule has 0 aliphatic heterocycles. The smallest absolute Gasteiger partial charge is 0.130 e. The number of benzene rings is 2. The summed E-state index contributed by atoms with van der Waals surface area (Å²) in [5.74, 6) is 0.600. The Kier molecular flexibility index (Phi) is 4.17. The quantitative estimate of drug-likeness (QED) is 0.913. The molecule has 3 heteroatoms. The summed E-state index contributed by atoms with van der Waals surface area (Å²) in [6, 6.07) is 12.7. The Morgan fingerprint density at radius 3 is 2.47 bits per heavy atom. The summed E-state index contributed by atoms with van der Waals surface area (Å²) in [5, 5.41) is 0. The number of methoxy groups -OCH3 is 1. The zero-order valence-electron chi connectivity index (χ0n) is 11.2. The standard InChI is InChI=1S/C16H18FNO/c1-11-4-3-5-14(16(11)17)15(18)10-12-6-8-13(19-2)9-7-12/h3-9,15H,10,18H2,1-2H3. The molecule has 0 saturated carbocycles. The molecule has 0 aliphatic carbocycles. The van der Waals surface area contributed by atoms with Gasteiger partial charge in [0, 0.05) is 11.6 Å². The molecule has 100 valence electrons. The summed E-state index contributed by atoms with van der Waals surface area (Å²) in [7, 11) is 1.63. The number of ether oxygens (including phenoxy) is 1. The van der Waals surface area contributed by atoms with Gasteiger partial charge in [-0.1, -0.05) is 30.3 Å². The molecule has 2 nitrogen and oxygen atoms in total. The summed E-state index contributed by atoms with van der Waals surface area (Å²) in [5.41, 5.74) is 8.35. The van der Waals surface area contributed by atoms with Crippen molar-refractivity contribution in [1.82, 2.24) is 0 Å². The van der Waals surface area contributed by atoms with E-state index in [1.54, 1.807) is 26.2 Å². The SMILES string of the molecule is COc1ccc(CC(N)c2cccc(C)c2F)cc1. The molecule has 0 amide bonds. The van der Waals surface area contributed by atoms with E-state index in [2.05, 4.69) is 0 Å². The van der Waals surface area contributed by atoms with E-state index in [4.69, 9.17) is 10.5 Å². The molecule has 0 heterocycles. The summed E-state index contributed by atoms with van der Waals surface area (Å²) in [6.07, 6.45) is 0.602. The van der Waals surface area contributed by atoms with Crippen molar-refractivity contribution in [3.05, 3.63) is 65.0 Å². The lowest BCUT2D eigenvalue weighted by Crippen LogP contribution is -2.15. The van der Waals surface area contributed by atoms with Crippen LogP contribution in [0, 0.1) is 12.7 Å². The van der Waals surface area contributed by atoms with E-state index in [-0.39, 0.29) is 11.9 Å².